The Bertz CT molecular complexity index is 393. The average molecular weight is 263 g/mol. The third-order valence-corrected chi connectivity index (χ3v) is 4.22. The fourth-order valence-electron chi connectivity index (χ4n) is 2.56. The lowest BCUT2D eigenvalue weighted by molar-refractivity contribution is 0.0496. The molecule has 0 radical (unpaired) electrons. The average Bonchev–Trinajstić information content (AvgIpc) is 2.47. The van der Waals surface area contributed by atoms with Crippen LogP contribution in [0.25, 0.3) is 0 Å². The summed E-state index contributed by atoms with van der Waals surface area (Å²) in [6.07, 6.45) is 3.44. The minimum absolute atomic E-state index is 0.312. The molecule has 1 aromatic rings. The zero-order valence-corrected chi connectivity index (χ0v) is 12.4. The van der Waals surface area contributed by atoms with Gasteiger partial charge in [0.25, 0.3) is 0 Å². The summed E-state index contributed by atoms with van der Waals surface area (Å²) in [5.74, 6) is 1.69. The monoisotopic (exact) mass is 263 g/mol. The van der Waals surface area contributed by atoms with Crippen molar-refractivity contribution in [2.45, 2.75) is 32.4 Å². The van der Waals surface area contributed by atoms with E-state index in [1.54, 1.807) is 7.11 Å². The third kappa shape index (κ3) is 3.25. The molecule has 4 nitrogen and oxygen atoms in total. The molecular weight excluding hydrogens is 238 g/mol. The SMILES string of the molecule is CNC(C)c1ccc(N2CCC(C)C(OC)C2)nc1. The molecule has 19 heavy (non-hydrogen) atoms. The first-order valence-corrected chi connectivity index (χ1v) is 7.06. The Labute approximate surface area is 116 Å². The second-order valence-electron chi connectivity index (χ2n) is 5.45. The van der Waals surface area contributed by atoms with Crippen molar-refractivity contribution in [3.63, 3.8) is 0 Å². The first kappa shape index (κ1) is 14.3. The molecule has 3 unspecified atom stereocenters. The van der Waals surface area contributed by atoms with E-state index in [4.69, 9.17) is 4.74 Å². The molecule has 0 aliphatic carbocycles. The van der Waals surface area contributed by atoms with Gasteiger partial charge in [0.15, 0.2) is 0 Å². The molecule has 0 saturated carbocycles. The summed E-state index contributed by atoms with van der Waals surface area (Å²) in [6.45, 7) is 6.40. The second-order valence-corrected chi connectivity index (χ2v) is 5.45. The van der Waals surface area contributed by atoms with Gasteiger partial charge in [-0.15, -0.1) is 0 Å². The number of pyridine rings is 1. The number of aromatic nitrogens is 1. The van der Waals surface area contributed by atoms with E-state index in [0.29, 0.717) is 18.1 Å². The van der Waals surface area contributed by atoms with Crippen molar-refractivity contribution in [3.8, 4) is 0 Å². The van der Waals surface area contributed by atoms with Crippen LogP contribution in [0.3, 0.4) is 0 Å². The fourth-order valence-corrected chi connectivity index (χ4v) is 2.56. The van der Waals surface area contributed by atoms with Crippen LogP contribution in [0.15, 0.2) is 18.3 Å². The van der Waals surface area contributed by atoms with Gasteiger partial charge in [-0.1, -0.05) is 13.0 Å². The van der Waals surface area contributed by atoms with E-state index in [0.717, 1.165) is 25.3 Å². The number of rotatable bonds is 4. The molecule has 3 atom stereocenters. The maximum absolute atomic E-state index is 5.56. The Hall–Kier alpha value is -1.13. The van der Waals surface area contributed by atoms with Crippen LogP contribution in [-0.2, 0) is 4.74 Å². The van der Waals surface area contributed by atoms with Crippen LogP contribution < -0.4 is 10.2 Å². The van der Waals surface area contributed by atoms with Crippen molar-refractivity contribution >= 4 is 5.82 Å². The molecule has 106 valence electrons. The Kier molecular flexibility index (Phi) is 4.77. The highest BCUT2D eigenvalue weighted by Crippen LogP contribution is 2.24. The molecule has 0 aromatic carbocycles. The largest absolute Gasteiger partial charge is 0.379 e. The summed E-state index contributed by atoms with van der Waals surface area (Å²) < 4.78 is 5.56. The zero-order chi connectivity index (χ0) is 13.8. The van der Waals surface area contributed by atoms with Crippen LogP contribution in [0.1, 0.15) is 31.9 Å². The highest BCUT2D eigenvalue weighted by atomic mass is 16.5. The van der Waals surface area contributed by atoms with Gasteiger partial charge in [0.05, 0.1) is 6.10 Å². The van der Waals surface area contributed by atoms with Gasteiger partial charge in [0.2, 0.25) is 0 Å². The number of anilines is 1. The molecule has 1 N–H and O–H groups in total. The zero-order valence-electron chi connectivity index (χ0n) is 12.4. The second kappa shape index (κ2) is 6.35. The molecule has 1 fully saturated rings. The summed E-state index contributed by atoms with van der Waals surface area (Å²) in [5, 5.41) is 3.23. The standard InChI is InChI=1S/C15H25N3O/c1-11-7-8-18(10-14(11)19-4)15-6-5-13(9-17-15)12(2)16-3/h5-6,9,11-12,14,16H,7-8,10H2,1-4H3. The van der Waals surface area contributed by atoms with Crippen molar-refractivity contribution in [3.05, 3.63) is 23.9 Å². The predicted octanol–water partition coefficient (Wildman–Crippen LogP) is 2.22. The Morgan fingerprint density at radius 1 is 1.47 bits per heavy atom. The molecular formula is C15H25N3O. The van der Waals surface area contributed by atoms with Crippen molar-refractivity contribution < 1.29 is 4.74 Å². The smallest absolute Gasteiger partial charge is 0.128 e. The Morgan fingerprint density at radius 2 is 2.26 bits per heavy atom. The molecule has 4 heteroatoms. The fraction of sp³-hybridized carbons (Fsp3) is 0.667. The molecule has 0 spiro atoms. The van der Waals surface area contributed by atoms with Gasteiger partial charge >= 0.3 is 0 Å². The quantitative estimate of drug-likeness (QED) is 0.904. The van der Waals surface area contributed by atoms with E-state index >= 15 is 0 Å². The number of ether oxygens (including phenoxy) is 1. The van der Waals surface area contributed by atoms with Gasteiger partial charge in [-0.2, -0.15) is 0 Å². The van der Waals surface area contributed by atoms with Gasteiger partial charge in [-0.25, -0.2) is 4.98 Å². The maximum atomic E-state index is 5.56. The molecule has 0 amide bonds. The molecule has 1 saturated heterocycles. The Balaban J connectivity index is 2.06. The lowest BCUT2D eigenvalue weighted by Gasteiger charge is -2.37. The van der Waals surface area contributed by atoms with Gasteiger partial charge in [-0.3, -0.25) is 0 Å². The van der Waals surface area contributed by atoms with E-state index in [-0.39, 0.29) is 0 Å². The minimum atomic E-state index is 0.312. The van der Waals surface area contributed by atoms with E-state index in [2.05, 4.69) is 41.2 Å². The van der Waals surface area contributed by atoms with Crippen LogP contribution in [0.5, 0.6) is 0 Å². The number of methoxy groups -OCH3 is 1. The van der Waals surface area contributed by atoms with Crippen molar-refractivity contribution in [2.75, 3.05) is 32.1 Å². The van der Waals surface area contributed by atoms with E-state index in [1.165, 1.54) is 5.56 Å². The van der Waals surface area contributed by atoms with E-state index in [1.807, 2.05) is 13.2 Å². The molecule has 2 heterocycles. The third-order valence-electron chi connectivity index (χ3n) is 4.22. The first-order valence-electron chi connectivity index (χ1n) is 7.06. The summed E-state index contributed by atoms with van der Waals surface area (Å²) in [5.41, 5.74) is 1.22. The number of piperidine rings is 1. The van der Waals surface area contributed by atoms with Crippen molar-refractivity contribution in [2.24, 2.45) is 5.92 Å². The highest BCUT2D eigenvalue weighted by Gasteiger charge is 2.26. The maximum Gasteiger partial charge on any atom is 0.128 e. The van der Waals surface area contributed by atoms with Crippen LogP contribution in [0.2, 0.25) is 0 Å². The molecule has 0 bridgehead atoms. The van der Waals surface area contributed by atoms with E-state index in [9.17, 15) is 0 Å². The molecule has 1 aliphatic rings. The summed E-state index contributed by atoms with van der Waals surface area (Å²) in [4.78, 5) is 6.92. The summed E-state index contributed by atoms with van der Waals surface area (Å²) in [6, 6.07) is 4.62. The minimum Gasteiger partial charge on any atom is -0.379 e. The highest BCUT2D eigenvalue weighted by molar-refractivity contribution is 5.40. The molecule has 1 aromatic heterocycles. The number of nitrogens with zero attached hydrogens (tertiary/aromatic N) is 2. The number of nitrogens with one attached hydrogen (secondary N) is 1. The van der Waals surface area contributed by atoms with Crippen molar-refractivity contribution in [1.29, 1.82) is 0 Å². The van der Waals surface area contributed by atoms with Gasteiger partial charge < -0.3 is 15.0 Å². The van der Waals surface area contributed by atoms with Crippen LogP contribution in [0, 0.1) is 5.92 Å². The lowest BCUT2D eigenvalue weighted by Crippen LogP contribution is -2.44. The number of hydrogen-bond donors (Lipinski definition) is 1. The first-order chi connectivity index (χ1) is 9.15. The Morgan fingerprint density at radius 3 is 2.84 bits per heavy atom. The van der Waals surface area contributed by atoms with Gasteiger partial charge in [0.1, 0.15) is 5.82 Å². The normalized spacial score (nSPS) is 25.4. The summed E-state index contributed by atoms with van der Waals surface area (Å²) >= 11 is 0. The van der Waals surface area contributed by atoms with E-state index < -0.39 is 0 Å². The van der Waals surface area contributed by atoms with Gasteiger partial charge in [-0.05, 0) is 37.9 Å². The molecule has 1 aliphatic heterocycles. The van der Waals surface area contributed by atoms with Crippen molar-refractivity contribution in [1.82, 2.24) is 10.3 Å². The van der Waals surface area contributed by atoms with Crippen LogP contribution >= 0.6 is 0 Å². The predicted molar refractivity (Wildman–Crippen MR) is 78.5 cm³/mol. The lowest BCUT2D eigenvalue weighted by atomic mass is 9.96. The summed E-state index contributed by atoms with van der Waals surface area (Å²) in [7, 11) is 3.77. The number of hydrogen-bond acceptors (Lipinski definition) is 4. The molecule has 2 rings (SSSR count). The van der Waals surface area contributed by atoms with Crippen LogP contribution in [-0.4, -0.2) is 38.3 Å². The van der Waals surface area contributed by atoms with Gasteiger partial charge in [0, 0.05) is 32.4 Å². The van der Waals surface area contributed by atoms with Crippen LogP contribution in [0.4, 0.5) is 5.82 Å². The topological polar surface area (TPSA) is 37.4 Å².